The summed E-state index contributed by atoms with van der Waals surface area (Å²) in [5.74, 6) is 0.101. The Labute approximate surface area is 293 Å². The predicted octanol–water partition coefficient (Wildman–Crippen LogP) is 2.83. The maximum Gasteiger partial charge on any atom is 0.315 e. The van der Waals surface area contributed by atoms with E-state index in [1.54, 1.807) is 41.5 Å². The molecule has 1 aliphatic heterocycles. The molecule has 49 heavy (non-hydrogen) atoms. The summed E-state index contributed by atoms with van der Waals surface area (Å²) in [4.78, 5) is 56.1. The van der Waals surface area contributed by atoms with E-state index in [2.05, 4.69) is 40.3 Å². The highest BCUT2D eigenvalue weighted by molar-refractivity contribution is 7.93. The molecule has 1 heterocycles. The summed E-state index contributed by atoms with van der Waals surface area (Å²) in [7, 11) is -3.58. The van der Waals surface area contributed by atoms with Gasteiger partial charge in [0.1, 0.15) is 12.1 Å². The van der Waals surface area contributed by atoms with Crippen molar-refractivity contribution in [2.24, 2.45) is 17.3 Å². The molecule has 1 saturated carbocycles. The highest BCUT2D eigenvalue weighted by Gasteiger charge is 2.50. The van der Waals surface area contributed by atoms with Gasteiger partial charge in [0.2, 0.25) is 11.8 Å². The predicted molar refractivity (Wildman–Crippen MR) is 192 cm³/mol. The zero-order valence-corrected chi connectivity index (χ0v) is 31.4. The molecule has 0 aromatic heterocycles. The van der Waals surface area contributed by atoms with Crippen LogP contribution in [-0.4, -0.2) is 95.5 Å². The molecular weight excluding hydrogens is 646 g/mol. The van der Waals surface area contributed by atoms with Gasteiger partial charge in [-0.25, -0.2) is 13.2 Å². The molecule has 2 rings (SSSR count). The van der Waals surface area contributed by atoms with E-state index < -0.39 is 85.2 Å². The Bertz CT molecular complexity index is 1390. The van der Waals surface area contributed by atoms with Gasteiger partial charge in [-0.2, -0.15) is 0 Å². The van der Waals surface area contributed by atoms with E-state index in [0.29, 0.717) is 18.4 Å². The number of carbonyl (C=O) groups excluding carboxylic acids is 4. The zero-order valence-electron chi connectivity index (χ0n) is 30.6. The molecule has 0 aromatic carbocycles. The van der Waals surface area contributed by atoms with Crippen LogP contribution >= 0.6 is 0 Å². The van der Waals surface area contributed by atoms with E-state index in [1.165, 1.54) is 11.0 Å². The number of aliphatic hydroxyl groups excluding tert-OH is 1. The third-order valence-electron chi connectivity index (χ3n) is 9.45. The number of hydrogen-bond acceptors (Lipinski definition) is 7. The van der Waals surface area contributed by atoms with Crippen LogP contribution in [0.4, 0.5) is 4.79 Å². The Morgan fingerprint density at radius 1 is 1.08 bits per heavy atom. The fourth-order valence-electron chi connectivity index (χ4n) is 6.71. The third kappa shape index (κ3) is 10.3. The van der Waals surface area contributed by atoms with Crippen LogP contribution in [0.3, 0.4) is 0 Å². The van der Waals surface area contributed by atoms with Crippen LogP contribution in [0.15, 0.2) is 24.8 Å². The van der Waals surface area contributed by atoms with Crippen molar-refractivity contribution in [3.63, 3.8) is 0 Å². The molecule has 5 amide bonds. The number of sulfone groups is 1. The molecule has 276 valence electrons. The fourth-order valence-corrected chi connectivity index (χ4v) is 8.74. The smallest absolute Gasteiger partial charge is 0.315 e. The first kappa shape index (κ1) is 41.8. The minimum atomic E-state index is -3.58. The van der Waals surface area contributed by atoms with Crippen LogP contribution in [0.1, 0.15) is 93.9 Å². The summed E-state index contributed by atoms with van der Waals surface area (Å²) in [6, 6.07) is -4.49. The maximum atomic E-state index is 14.4. The Balaban J connectivity index is 2.40. The van der Waals surface area contributed by atoms with Gasteiger partial charge in [0, 0.05) is 31.5 Å². The van der Waals surface area contributed by atoms with Crippen molar-refractivity contribution >= 4 is 33.6 Å². The van der Waals surface area contributed by atoms with Crippen LogP contribution in [0.25, 0.3) is 0 Å². The van der Waals surface area contributed by atoms with E-state index in [1.807, 2.05) is 13.8 Å². The number of terminal acetylenes is 1. The molecule has 2 aliphatic rings. The normalized spacial score (nSPS) is 23.5. The molecule has 2 fully saturated rings. The lowest BCUT2D eigenvalue weighted by Gasteiger charge is -2.38. The number of aliphatic hydroxyl groups is 1. The number of urea groups is 1. The summed E-state index contributed by atoms with van der Waals surface area (Å²) >= 11 is 0. The average molecular weight is 706 g/mol. The minimum Gasteiger partial charge on any atom is -0.381 e. The van der Waals surface area contributed by atoms with E-state index >= 15 is 0 Å². The van der Waals surface area contributed by atoms with Gasteiger partial charge in [0.05, 0.1) is 16.0 Å². The van der Waals surface area contributed by atoms with Crippen molar-refractivity contribution in [2.75, 3.05) is 13.1 Å². The van der Waals surface area contributed by atoms with Gasteiger partial charge >= 0.3 is 6.03 Å². The molecule has 0 spiro atoms. The van der Waals surface area contributed by atoms with Crippen molar-refractivity contribution in [3.8, 4) is 12.3 Å². The first-order valence-electron chi connectivity index (χ1n) is 17.2. The van der Waals surface area contributed by atoms with Gasteiger partial charge in [-0.1, -0.05) is 65.7 Å². The monoisotopic (exact) mass is 705 g/mol. The van der Waals surface area contributed by atoms with Crippen LogP contribution in [0.2, 0.25) is 0 Å². The summed E-state index contributed by atoms with van der Waals surface area (Å²) in [6.45, 7) is 22.1. The van der Waals surface area contributed by atoms with Gasteiger partial charge in [-0.15, -0.1) is 18.9 Å². The summed E-state index contributed by atoms with van der Waals surface area (Å²) in [5.41, 5.74) is -0.159. The number of nitrogens with zero attached hydrogens (tertiary/aromatic N) is 1. The molecule has 0 aromatic rings. The Morgan fingerprint density at radius 2 is 1.69 bits per heavy atom. The van der Waals surface area contributed by atoms with E-state index in [9.17, 15) is 32.7 Å². The number of carbonyl (C=O) groups is 4. The number of amides is 5. The first-order valence-corrected chi connectivity index (χ1v) is 18.7. The maximum absolute atomic E-state index is 14.4. The van der Waals surface area contributed by atoms with E-state index in [4.69, 9.17) is 6.42 Å². The van der Waals surface area contributed by atoms with Gasteiger partial charge in [0.25, 0.3) is 5.91 Å². The van der Waals surface area contributed by atoms with Gasteiger partial charge in [0.15, 0.2) is 15.9 Å². The van der Waals surface area contributed by atoms with Crippen LogP contribution < -0.4 is 21.3 Å². The number of hydrogen-bond donors (Lipinski definition) is 5. The third-order valence-corrected chi connectivity index (χ3v) is 12.5. The summed E-state index contributed by atoms with van der Waals surface area (Å²) < 4.78 is 25.8. The van der Waals surface area contributed by atoms with Crippen LogP contribution in [0, 0.1) is 29.6 Å². The quantitative estimate of drug-likeness (QED) is 0.145. The fraction of sp³-hybridized carbons (Fsp3) is 0.722. The Morgan fingerprint density at radius 3 is 2.22 bits per heavy atom. The van der Waals surface area contributed by atoms with Crippen molar-refractivity contribution in [1.29, 1.82) is 0 Å². The topological polar surface area (TPSA) is 174 Å². The number of nitrogens with one attached hydrogen (secondary N) is 4. The Kier molecular flexibility index (Phi) is 14.5. The first-order chi connectivity index (χ1) is 22.6. The van der Waals surface area contributed by atoms with E-state index in [0.717, 1.165) is 12.8 Å². The second-order valence-electron chi connectivity index (χ2n) is 15.7. The summed E-state index contributed by atoms with van der Waals surface area (Å²) in [6.07, 6.45) is 8.02. The van der Waals surface area contributed by atoms with Crippen molar-refractivity contribution in [3.05, 3.63) is 24.8 Å². The molecule has 13 heteroatoms. The second-order valence-corrected chi connectivity index (χ2v) is 18.6. The Hall–Kier alpha value is -3.37. The lowest BCUT2D eigenvalue weighted by atomic mass is 9.84. The van der Waals surface area contributed by atoms with Crippen LogP contribution in [0.5, 0.6) is 0 Å². The zero-order chi connectivity index (χ0) is 37.5. The molecule has 7 atom stereocenters. The lowest BCUT2D eigenvalue weighted by Crippen LogP contribution is -2.62. The molecule has 0 radical (unpaired) electrons. The van der Waals surface area contributed by atoms with Crippen molar-refractivity contribution in [2.45, 2.75) is 134 Å². The van der Waals surface area contributed by atoms with Crippen LogP contribution in [-0.2, 0) is 24.2 Å². The van der Waals surface area contributed by atoms with Crippen molar-refractivity contribution in [1.82, 2.24) is 26.2 Å². The standard InChI is InChI=1S/C36H59N5O7S/c1-12-14-17-25(29(42)32(44)37-20-13-2)38-31(43)28-27(22(3)4)23(5)21-41(28)33(45)30(35(6,7)8)40-34(46)39-24-18-15-16-19-26(24)49(47,48)36(9,10)11/h1,13,22,24-30,42H,2,5,14-21H2,3-4,6-11H3,(H,37,44)(H,38,43)(H2,39,40,46)/t24-,25?,26+,27-,28-,29?,30+/m0/s1. The van der Waals surface area contributed by atoms with Gasteiger partial charge in [-0.05, 0) is 51.4 Å². The highest BCUT2D eigenvalue weighted by atomic mass is 32.2. The largest absolute Gasteiger partial charge is 0.381 e. The lowest BCUT2D eigenvalue weighted by molar-refractivity contribution is -0.144. The average Bonchev–Trinajstić information content (AvgIpc) is 3.36. The molecular formula is C36H59N5O7S. The molecule has 5 N–H and O–H groups in total. The number of rotatable bonds is 13. The molecule has 12 nitrogen and oxygen atoms in total. The summed E-state index contributed by atoms with van der Waals surface area (Å²) in [5, 5.41) is 21.1. The molecule has 2 unspecified atom stereocenters. The van der Waals surface area contributed by atoms with Gasteiger partial charge in [-0.3, -0.25) is 14.4 Å². The van der Waals surface area contributed by atoms with Crippen molar-refractivity contribution < 1.29 is 32.7 Å². The SMILES string of the molecule is C#CCCC(NC(=O)[C@@H]1[C@@H](C(C)C)C(=C)CN1C(=O)[C@@H](NC(=O)N[C@H]1CCCC[C@H]1S(=O)(=O)C(C)(C)C)C(C)(C)C)C(O)C(=O)NCC=C. The van der Waals surface area contributed by atoms with E-state index in [-0.39, 0.29) is 31.8 Å². The second kappa shape index (κ2) is 17.0. The molecule has 1 saturated heterocycles. The minimum absolute atomic E-state index is 0.0571. The number of likely N-dealkylation sites (tertiary alicyclic amines) is 1. The molecule has 0 bridgehead atoms. The van der Waals surface area contributed by atoms with Gasteiger partial charge < -0.3 is 31.3 Å². The molecule has 1 aliphatic carbocycles. The highest BCUT2D eigenvalue weighted by Crippen LogP contribution is 2.37.